The largest absolute Gasteiger partial charge is 0.361 e. The van der Waals surface area contributed by atoms with Crippen LogP contribution in [0.1, 0.15) is 5.56 Å². The molecule has 6 nitrogen and oxygen atoms in total. The van der Waals surface area contributed by atoms with E-state index in [0.717, 1.165) is 23.0 Å². The van der Waals surface area contributed by atoms with E-state index in [1.54, 1.807) is 7.05 Å². The second-order valence-corrected chi connectivity index (χ2v) is 6.45. The van der Waals surface area contributed by atoms with Crippen LogP contribution in [0.2, 0.25) is 0 Å². The highest BCUT2D eigenvalue weighted by Gasteiger charge is 2.28. The van der Waals surface area contributed by atoms with Crippen molar-refractivity contribution in [1.82, 2.24) is 20.1 Å². The lowest BCUT2D eigenvalue weighted by molar-refractivity contribution is -0.132. The van der Waals surface area contributed by atoms with Crippen molar-refractivity contribution in [3.8, 4) is 0 Å². The van der Waals surface area contributed by atoms with Gasteiger partial charge in [0.05, 0.1) is 12.3 Å². The first-order chi connectivity index (χ1) is 11.6. The van der Waals surface area contributed by atoms with Crippen molar-refractivity contribution < 1.29 is 9.59 Å². The quantitative estimate of drug-likeness (QED) is 0.878. The van der Waals surface area contributed by atoms with Gasteiger partial charge in [-0.3, -0.25) is 9.59 Å². The van der Waals surface area contributed by atoms with Crippen molar-refractivity contribution in [2.45, 2.75) is 6.42 Å². The predicted octanol–water partition coefficient (Wildman–Crippen LogP) is 0.847. The fourth-order valence-electron chi connectivity index (χ4n) is 3.32. The number of likely N-dealkylation sites (N-methyl/N-ethyl adjacent to an activating group) is 1. The van der Waals surface area contributed by atoms with Gasteiger partial charge in [-0.25, -0.2) is 0 Å². The highest BCUT2D eigenvalue weighted by molar-refractivity contribution is 5.89. The summed E-state index contributed by atoms with van der Waals surface area (Å²) in [7, 11) is 3.63. The van der Waals surface area contributed by atoms with Gasteiger partial charge in [-0.1, -0.05) is 18.2 Å². The number of H-pyrrole nitrogens is 1. The van der Waals surface area contributed by atoms with E-state index in [1.807, 2.05) is 42.4 Å². The van der Waals surface area contributed by atoms with Gasteiger partial charge in [0.1, 0.15) is 0 Å². The molecule has 0 saturated carbocycles. The Morgan fingerprint density at radius 2 is 2.04 bits per heavy atom. The first-order valence-corrected chi connectivity index (χ1v) is 8.31. The molecule has 2 amide bonds. The zero-order valence-corrected chi connectivity index (χ0v) is 14.2. The van der Waals surface area contributed by atoms with Gasteiger partial charge in [0.25, 0.3) is 0 Å². The number of nitrogens with zero attached hydrogens (tertiary/aromatic N) is 2. The van der Waals surface area contributed by atoms with Gasteiger partial charge in [-0.05, 0) is 18.7 Å². The minimum atomic E-state index is -0.186. The lowest BCUT2D eigenvalue weighted by atomic mass is 10.1. The van der Waals surface area contributed by atoms with Crippen LogP contribution >= 0.6 is 0 Å². The molecule has 1 unspecified atom stereocenters. The number of fused-ring (bicyclic) bond motifs is 1. The normalized spacial score (nSPS) is 19.2. The van der Waals surface area contributed by atoms with Crippen LogP contribution in [0.3, 0.4) is 0 Å². The van der Waals surface area contributed by atoms with Crippen LogP contribution < -0.4 is 5.32 Å². The number of hydrogen-bond acceptors (Lipinski definition) is 3. The Bertz CT molecular complexity index is 739. The van der Waals surface area contributed by atoms with Crippen LogP contribution in [0.5, 0.6) is 0 Å². The number of hydrogen-bond donors (Lipinski definition) is 2. The Morgan fingerprint density at radius 1 is 1.25 bits per heavy atom. The summed E-state index contributed by atoms with van der Waals surface area (Å²) in [5.41, 5.74) is 2.05. The molecule has 24 heavy (non-hydrogen) atoms. The lowest BCUT2D eigenvalue weighted by Crippen LogP contribution is -2.41. The Kier molecular flexibility index (Phi) is 4.85. The molecule has 1 aliphatic heterocycles. The summed E-state index contributed by atoms with van der Waals surface area (Å²) < 4.78 is 0. The van der Waals surface area contributed by atoms with E-state index < -0.39 is 0 Å². The van der Waals surface area contributed by atoms with Gasteiger partial charge >= 0.3 is 0 Å². The number of aromatic amines is 1. The number of nitrogens with one attached hydrogen (secondary N) is 2. The first kappa shape index (κ1) is 16.5. The van der Waals surface area contributed by atoms with Crippen LogP contribution in [0.4, 0.5) is 0 Å². The maximum absolute atomic E-state index is 12.8. The maximum atomic E-state index is 12.8. The number of benzene rings is 1. The van der Waals surface area contributed by atoms with Crippen molar-refractivity contribution in [2.24, 2.45) is 5.92 Å². The summed E-state index contributed by atoms with van der Waals surface area (Å²) in [6.07, 6.45) is 2.26. The topological polar surface area (TPSA) is 68.4 Å². The Labute approximate surface area is 141 Å². The van der Waals surface area contributed by atoms with Gasteiger partial charge in [0.15, 0.2) is 0 Å². The number of amides is 2. The fourth-order valence-corrected chi connectivity index (χ4v) is 3.32. The van der Waals surface area contributed by atoms with E-state index in [4.69, 9.17) is 0 Å². The number of aromatic nitrogens is 1. The van der Waals surface area contributed by atoms with E-state index in [0.29, 0.717) is 26.1 Å². The van der Waals surface area contributed by atoms with Gasteiger partial charge < -0.3 is 20.1 Å². The smallest absolute Gasteiger partial charge is 0.227 e. The standard InChI is InChI=1S/C18H24N4O2/c1-19-18(24)14-11-21(2)7-8-22(12-14)17(23)9-13-10-20-16-6-4-3-5-15(13)16/h3-6,10,14,20H,7-9,11-12H2,1-2H3,(H,19,24). The third kappa shape index (κ3) is 3.43. The van der Waals surface area contributed by atoms with Crippen LogP contribution in [0.25, 0.3) is 10.9 Å². The molecular formula is C18H24N4O2. The summed E-state index contributed by atoms with van der Waals surface area (Å²) in [4.78, 5) is 32.0. The number of rotatable bonds is 3. The molecule has 1 saturated heterocycles. The molecule has 1 aromatic carbocycles. The summed E-state index contributed by atoms with van der Waals surface area (Å²) in [6, 6.07) is 7.99. The molecule has 0 bridgehead atoms. The van der Waals surface area contributed by atoms with Crippen LogP contribution in [0.15, 0.2) is 30.5 Å². The van der Waals surface area contributed by atoms with Crippen molar-refractivity contribution in [3.63, 3.8) is 0 Å². The molecule has 2 N–H and O–H groups in total. The molecule has 2 aromatic rings. The van der Waals surface area contributed by atoms with Gasteiger partial charge in [0, 0.05) is 50.3 Å². The molecule has 0 aliphatic carbocycles. The summed E-state index contributed by atoms with van der Waals surface area (Å²) in [5.74, 6) is -0.119. The van der Waals surface area contributed by atoms with Crippen molar-refractivity contribution >= 4 is 22.7 Å². The third-order valence-corrected chi connectivity index (χ3v) is 4.71. The maximum Gasteiger partial charge on any atom is 0.227 e. The Hall–Kier alpha value is -2.34. The minimum absolute atomic E-state index is 0.00588. The molecule has 0 spiro atoms. The number of para-hydroxylation sites is 1. The van der Waals surface area contributed by atoms with Gasteiger partial charge in [-0.2, -0.15) is 0 Å². The Morgan fingerprint density at radius 3 is 2.83 bits per heavy atom. The Balaban J connectivity index is 1.74. The molecule has 1 aliphatic rings. The molecule has 3 rings (SSSR count). The second kappa shape index (κ2) is 7.05. The molecule has 128 valence electrons. The molecule has 6 heteroatoms. The first-order valence-electron chi connectivity index (χ1n) is 8.31. The summed E-state index contributed by atoms with van der Waals surface area (Å²) >= 11 is 0. The van der Waals surface area contributed by atoms with Crippen molar-refractivity contribution in [1.29, 1.82) is 0 Å². The monoisotopic (exact) mass is 328 g/mol. The van der Waals surface area contributed by atoms with Crippen molar-refractivity contribution in [3.05, 3.63) is 36.0 Å². The number of carbonyl (C=O) groups excluding carboxylic acids is 2. The summed E-state index contributed by atoms with van der Waals surface area (Å²) in [6.45, 7) is 2.60. The summed E-state index contributed by atoms with van der Waals surface area (Å²) in [5, 5.41) is 3.79. The SMILES string of the molecule is CNC(=O)C1CN(C)CCN(C(=O)Cc2c[nH]c3ccccc23)C1. The average molecular weight is 328 g/mol. The highest BCUT2D eigenvalue weighted by atomic mass is 16.2. The molecule has 1 atom stereocenters. The zero-order chi connectivity index (χ0) is 17.1. The van der Waals surface area contributed by atoms with Gasteiger partial charge in [-0.15, -0.1) is 0 Å². The van der Waals surface area contributed by atoms with Gasteiger partial charge in [0.2, 0.25) is 11.8 Å². The van der Waals surface area contributed by atoms with Crippen LogP contribution in [-0.2, 0) is 16.0 Å². The van der Waals surface area contributed by atoms with E-state index in [1.165, 1.54) is 0 Å². The third-order valence-electron chi connectivity index (χ3n) is 4.71. The predicted molar refractivity (Wildman–Crippen MR) is 93.6 cm³/mol. The van der Waals surface area contributed by atoms with E-state index in [-0.39, 0.29) is 17.7 Å². The molecule has 1 fully saturated rings. The number of carbonyl (C=O) groups is 2. The second-order valence-electron chi connectivity index (χ2n) is 6.45. The van der Waals surface area contributed by atoms with E-state index >= 15 is 0 Å². The lowest BCUT2D eigenvalue weighted by Gasteiger charge is -2.23. The van der Waals surface area contributed by atoms with E-state index in [2.05, 4.69) is 15.2 Å². The van der Waals surface area contributed by atoms with Crippen molar-refractivity contribution in [2.75, 3.05) is 40.3 Å². The molecule has 0 radical (unpaired) electrons. The van der Waals surface area contributed by atoms with Crippen LogP contribution in [-0.4, -0.2) is 66.9 Å². The van der Waals surface area contributed by atoms with E-state index in [9.17, 15) is 9.59 Å². The minimum Gasteiger partial charge on any atom is -0.361 e. The molecule has 2 heterocycles. The zero-order valence-electron chi connectivity index (χ0n) is 14.2. The fraction of sp³-hybridized carbons (Fsp3) is 0.444. The average Bonchev–Trinajstić information content (AvgIpc) is 2.88. The van der Waals surface area contributed by atoms with Crippen LogP contribution in [0, 0.1) is 5.92 Å². The highest BCUT2D eigenvalue weighted by Crippen LogP contribution is 2.19. The molecule has 1 aromatic heterocycles. The molecular weight excluding hydrogens is 304 g/mol.